The Balaban J connectivity index is 1.55. The first-order valence-corrected chi connectivity index (χ1v) is 12.0. The Morgan fingerprint density at radius 2 is 2.03 bits per heavy atom. The Morgan fingerprint density at radius 3 is 2.71 bits per heavy atom. The van der Waals surface area contributed by atoms with Crippen molar-refractivity contribution in [1.29, 1.82) is 10.5 Å². The van der Waals surface area contributed by atoms with E-state index >= 15 is 0 Å². The molecule has 9 nitrogen and oxygen atoms in total. The van der Waals surface area contributed by atoms with Gasteiger partial charge in [0.1, 0.15) is 40.1 Å². The van der Waals surface area contributed by atoms with Crippen molar-refractivity contribution in [3.05, 3.63) is 59.2 Å². The van der Waals surface area contributed by atoms with E-state index in [1.165, 1.54) is 17.6 Å². The minimum Gasteiger partial charge on any atom is -0.497 e. The van der Waals surface area contributed by atoms with E-state index in [4.69, 9.17) is 14.9 Å². The summed E-state index contributed by atoms with van der Waals surface area (Å²) in [6.45, 7) is 1.68. The Hall–Kier alpha value is -4.32. The number of hydrogen-bond donors (Lipinski definition) is 2. The van der Waals surface area contributed by atoms with Crippen LogP contribution in [0, 0.1) is 22.7 Å². The number of carbonyl (C=O) groups is 1. The van der Waals surface area contributed by atoms with Crippen molar-refractivity contribution < 1.29 is 13.9 Å². The van der Waals surface area contributed by atoms with Crippen LogP contribution in [0.15, 0.2) is 57.5 Å². The zero-order valence-corrected chi connectivity index (χ0v) is 20.2. The Labute approximate surface area is 209 Å². The molecule has 0 aliphatic carbocycles. The molecule has 0 saturated carbocycles. The van der Waals surface area contributed by atoms with Gasteiger partial charge in [0, 0.05) is 10.9 Å². The normalized spacial score (nSPS) is 11.3. The van der Waals surface area contributed by atoms with Crippen LogP contribution in [0.25, 0.3) is 22.6 Å². The first kappa shape index (κ1) is 23.8. The quantitative estimate of drug-likeness (QED) is 0.335. The molecule has 174 valence electrons. The third-order valence-electron chi connectivity index (χ3n) is 4.94. The number of nitrogen functional groups attached to an aromatic ring is 1. The molecule has 0 saturated heterocycles. The largest absolute Gasteiger partial charge is 0.497 e. The lowest BCUT2D eigenvalue weighted by Crippen LogP contribution is -2.22. The third kappa shape index (κ3) is 4.96. The number of nitrogens with zero attached hydrogens (tertiary/aromatic N) is 4. The highest BCUT2D eigenvalue weighted by molar-refractivity contribution is 8.00. The summed E-state index contributed by atoms with van der Waals surface area (Å²) < 4.78 is 10.7. The van der Waals surface area contributed by atoms with E-state index < -0.39 is 5.25 Å². The van der Waals surface area contributed by atoms with Crippen LogP contribution < -0.4 is 15.8 Å². The van der Waals surface area contributed by atoms with Gasteiger partial charge in [-0.3, -0.25) is 4.79 Å². The number of ether oxygens (including phenoxy) is 1. The van der Waals surface area contributed by atoms with Crippen molar-refractivity contribution in [3.63, 3.8) is 0 Å². The summed E-state index contributed by atoms with van der Waals surface area (Å²) in [6, 6.07) is 14.8. The lowest BCUT2D eigenvalue weighted by Gasteiger charge is -2.14. The number of furan rings is 1. The first-order valence-electron chi connectivity index (χ1n) is 10.2. The van der Waals surface area contributed by atoms with Crippen molar-refractivity contribution in [2.24, 2.45) is 0 Å². The molecule has 3 heterocycles. The summed E-state index contributed by atoms with van der Waals surface area (Å²) in [6.07, 6.45) is 1.44. The highest BCUT2D eigenvalue weighted by Gasteiger charge is 2.25. The van der Waals surface area contributed by atoms with Crippen LogP contribution in [0.3, 0.4) is 0 Å². The zero-order chi connectivity index (χ0) is 24.9. The van der Waals surface area contributed by atoms with Crippen LogP contribution in [-0.2, 0) is 4.79 Å². The number of hydrogen-bond acceptors (Lipinski definition) is 10. The van der Waals surface area contributed by atoms with Gasteiger partial charge in [-0.1, -0.05) is 23.9 Å². The van der Waals surface area contributed by atoms with E-state index in [2.05, 4.69) is 21.4 Å². The minimum atomic E-state index is -0.643. The summed E-state index contributed by atoms with van der Waals surface area (Å²) >= 11 is 2.35. The molecule has 3 N–H and O–H groups in total. The van der Waals surface area contributed by atoms with Crippen LogP contribution >= 0.6 is 23.1 Å². The van der Waals surface area contributed by atoms with E-state index in [9.17, 15) is 15.3 Å². The van der Waals surface area contributed by atoms with Crippen molar-refractivity contribution >= 4 is 40.0 Å². The van der Waals surface area contributed by atoms with Gasteiger partial charge in [0.15, 0.2) is 5.13 Å². The van der Waals surface area contributed by atoms with E-state index in [0.717, 1.165) is 17.3 Å². The number of aromatic nitrogens is 2. The molecule has 3 aromatic heterocycles. The predicted molar refractivity (Wildman–Crippen MR) is 134 cm³/mol. The number of anilines is 2. The molecule has 1 aromatic carbocycles. The highest BCUT2D eigenvalue weighted by atomic mass is 32.2. The fraction of sp³-hybridized carbons (Fsp3) is 0.125. The second kappa shape index (κ2) is 10.3. The standard InChI is InChI=1S/C24H18N6O3S2/c1-13(22(31)30-24-28-18(12-34-24)14-5-3-6-15(9-14)32-2)35-23-17(11-26)20(19-7-4-8-33-19)16(10-25)21(27)29-23/h3-9,12-13H,1-2H3,(H2,27,29)(H,28,30,31). The Bertz CT molecular complexity index is 1470. The molecular formula is C24H18N6O3S2. The number of nitriles is 2. The topological polar surface area (TPSA) is 151 Å². The van der Waals surface area contributed by atoms with Crippen LogP contribution in [0.1, 0.15) is 18.1 Å². The van der Waals surface area contributed by atoms with Gasteiger partial charge < -0.3 is 20.2 Å². The van der Waals surface area contributed by atoms with Crippen LogP contribution in [0.5, 0.6) is 5.75 Å². The molecule has 0 fully saturated rings. The van der Waals surface area contributed by atoms with Gasteiger partial charge >= 0.3 is 0 Å². The molecule has 1 amide bonds. The van der Waals surface area contributed by atoms with Crippen LogP contribution in [-0.4, -0.2) is 28.2 Å². The summed E-state index contributed by atoms with van der Waals surface area (Å²) in [7, 11) is 1.59. The van der Waals surface area contributed by atoms with Gasteiger partial charge in [-0.2, -0.15) is 10.5 Å². The molecule has 1 unspecified atom stereocenters. The minimum absolute atomic E-state index is 0.0455. The zero-order valence-electron chi connectivity index (χ0n) is 18.6. The van der Waals surface area contributed by atoms with E-state index in [1.54, 1.807) is 26.2 Å². The van der Waals surface area contributed by atoms with Crippen LogP contribution in [0.2, 0.25) is 0 Å². The van der Waals surface area contributed by atoms with Gasteiger partial charge in [-0.25, -0.2) is 9.97 Å². The van der Waals surface area contributed by atoms with Gasteiger partial charge in [-0.05, 0) is 31.2 Å². The van der Waals surface area contributed by atoms with Crippen molar-refractivity contribution in [2.75, 3.05) is 18.2 Å². The van der Waals surface area contributed by atoms with E-state index in [1.807, 2.05) is 35.7 Å². The van der Waals surface area contributed by atoms with E-state index in [0.29, 0.717) is 22.3 Å². The summed E-state index contributed by atoms with van der Waals surface area (Å²) in [5, 5.41) is 24.0. The predicted octanol–water partition coefficient (Wildman–Crippen LogP) is 4.92. The molecule has 0 aliphatic heterocycles. The second-order valence-electron chi connectivity index (χ2n) is 7.15. The summed E-state index contributed by atoms with van der Waals surface area (Å²) in [4.78, 5) is 21.6. The smallest absolute Gasteiger partial charge is 0.239 e. The molecule has 1 atom stereocenters. The average molecular weight is 503 g/mol. The van der Waals surface area contributed by atoms with Gasteiger partial charge in [0.25, 0.3) is 0 Å². The number of amides is 1. The number of nitrogens with one attached hydrogen (secondary N) is 1. The lowest BCUT2D eigenvalue weighted by atomic mass is 10.0. The third-order valence-corrected chi connectivity index (χ3v) is 6.78. The second-order valence-corrected chi connectivity index (χ2v) is 9.33. The number of nitrogens with two attached hydrogens (primary N) is 1. The maximum absolute atomic E-state index is 12.9. The maximum atomic E-state index is 12.9. The highest BCUT2D eigenvalue weighted by Crippen LogP contribution is 2.37. The van der Waals surface area contributed by atoms with Crippen molar-refractivity contribution in [2.45, 2.75) is 17.2 Å². The Kier molecular flexibility index (Phi) is 7.01. The summed E-state index contributed by atoms with van der Waals surface area (Å²) in [5.41, 5.74) is 7.99. The molecule has 0 aliphatic rings. The lowest BCUT2D eigenvalue weighted by molar-refractivity contribution is -0.115. The number of rotatable bonds is 7. The average Bonchev–Trinajstić information content (AvgIpc) is 3.56. The SMILES string of the molecule is COc1cccc(-c2csc(NC(=O)C(C)Sc3nc(N)c(C#N)c(-c4ccco4)c3C#N)n2)c1. The fourth-order valence-corrected chi connectivity index (χ4v) is 4.86. The number of carbonyl (C=O) groups excluding carboxylic acids is 1. The molecule has 4 rings (SSSR count). The number of methoxy groups -OCH3 is 1. The first-order chi connectivity index (χ1) is 16.9. The maximum Gasteiger partial charge on any atom is 0.239 e. The molecule has 11 heteroatoms. The van der Waals surface area contributed by atoms with Crippen molar-refractivity contribution in [3.8, 4) is 40.5 Å². The van der Waals surface area contributed by atoms with Gasteiger partial charge in [0.2, 0.25) is 5.91 Å². The molecule has 0 spiro atoms. The van der Waals surface area contributed by atoms with Gasteiger partial charge in [-0.15, -0.1) is 11.3 Å². The number of benzene rings is 1. The van der Waals surface area contributed by atoms with Gasteiger partial charge in [0.05, 0.1) is 35.4 Å². The molecule has 35 heavy (non-hydrogen) atoms. The molecule has 4 aromatic rings. The number of thiazole rings is 1. The monoisotopic (exact) mass is 502 g/mol. The number of pyridine rings is 1. The Morgan fingerprint density at radius 1 is 1.23 bits per heavy atom. The van der Waals surface area contributed by atoms with E-state index in [-0.39, 0.29) is 33.4 Å². The van der Waals surface area contributed by atoms with Crippen LogP contribution in [0.4, 0.5) is 10.9 Å². The molecular weight excluding hydrogens is 484 g/mol. The molecule has 0 radical (unpaired) electrons. The summed E-state index contributed by atoms with van der Waals surface area (Å²) in [5.74, 6) is 0.659. The number of thioether (sulfide) groups is 1. The molecule has 0 bridgehead atoms. The fourth-order valence-electron chi connectivity index (χ4n) is 3.22. The van der Waals surface area contributed by atoms with Crippen molar-refractivity contribution in [1.82, 2.24) is 9.97 Å².